The summed E-state index contributed by atoms with van der Waals surface area (Å²) in [6.45, 7) is 2.01. The molecule has 0 unspecified atom stereocenters. The number of nitrogens with one attached hydrogen (secondary N) is 2. The van der Waals surface area contributed by atoms with Crippen molar-refractivity contribution in [3.63, 3.8) is 0 Å². The van der Waals surface area contributed by atoms with Crippen LogP contribution in [-0.2, 0) is 0 Å². The molecule has 5 nitrogen and oxygen atoms in total. The number of benzene rings is 1. The third-order valence-corrected chi connectivity index (χ3v) is 4.61. The Bertz CT molecular complexity index is 948. The van der Waals surface area contributed by atoms with Gasteiger partial charge in [-0.15, -0.1) is 0 Å². The molecule has 2 heterocycles. The molecule has 1 fully saturated rings. The number of nitrogens with zero attached hydrogens (tertiary/aromatic N) is 2. The Kier molecular flexibility index (Phi) is 4.24. The Morgan fingerprint density at radius 2 is 2.08 bits per heavy atom. The van der Waals surface area contributed by atoms with Crippen molar-refractivity contribution in [1.82, 2.24) is 20.5 Å². The van der Waals surface area contributed by atoms with Gasteiger partial charge in [0.15, 0.2) is 0 Å². The van der Waals surface area contributed by atoms with Crippen molar-refractivity contribution in [1.29, 1.82) is 0 Å². The molecule has 3 aromatic rings. The van der Waals surface area contributed by atoms with Crippen molar-refractivity contribution in [2.75, 3.05) is 0 Å². The normalized spacial score (nSPS) is 14.8. The van der Waals surface area contributed by atoms with Crippen molar-refractivity contribution in [2.24, 2.45) is 5.92 Å². The van der Waals surface area contributed by atoms with Crippen LogP contribution in [-0.4, -0.2) is 21.1 Å². The van der Waals surface area contributed by atoms with Crippen LogP contribution >= 0.6 is 0 Å². The first kappa shape index (κ1) is 16.4. The summed E-state index contributed by atoms with van der Waals surface area (Å²) >= 11 is 0. The standard InChI is InChI=1S/C20H19FN4O/c1-12-8-9-22-17(10-12)19(13-6-7-13)23-20(26)18-11-16(24-25-18)14-4-2-3-5-15(14)21/h2-5,8-11,13,19H,6-7H2,1H3,(H,23,26)(H,24,25)/t19-/m1/s1. The first-order chi connectivity index (χ1) is 12.6. The summed E-state index contributed by atoms with van der Waals surface area (Å²) in [6, 6.07) is 11.7. The topological polar surface area (TPSA) is 70.7 Å². The maximum atomic E-state index is 13.9. The van der Waals surface area contributed by atoms with E-state index in [9.17, 15) is 9.18 Å². The van der Waals surface area contributed by atoms with Crippen molar-refractivity contribution in [3.8, 4) is 11.3 Å². The van der Waals surface area contributed by atoms with Crippen molar-refractivity contribution in [3.05, 3.63) is 71.4 Å². The number of carbonyl (C=O) groups is 1. The van der Waals surface area contributed by atoms with E-state index in [4.69, 9.17) is 0 Å². The van der Waals surface area contributed by atoms with Gasteiger partial charge in [-0.3, -0.25) is 14.9 Å². The Labute approximate surface area is 150 Å². The van der Waals surface area contributed by atoms with Crippen LogP contribution < -0.4 is 5.32 Å². The molecular formula is C20H19FN4O. The van der Waals surface area contributed by atoms with Gasteiger partial charge in [-0.05, 0) is 61.6 Å². The summed E-state index contributed by atoms with van der Waals surface area (Å²) < 4.78 is 13.9. The summed E-state index contributed by atoms with van der Waals surface area (Å²) in [5.74, 6) is -0.228. The first-order valence-electron chi connectivity index (χ1n) is 8.65. The number of pyridine rings is 1. The molecule has 26 heavy (non-hydrogen) atoms. The van der Waals surface area contributed by atoms with E-state index in [1.807, 2.05) is 19.1 Å². The number of hydrogen-bond donors (Lipinski definition) is 2. The third kappa shape index (κ3) is 3.35. The van der Waals surface area contributed by atoms with Gasteiger partial charge in [-0.2, -0.15) is 5.10 Å². The predicted molar refractivity (Wildman–Crippen MR) is 95.9 cm³/mol. The summed E-state index contributed by atoms with van der Waals surface area (Å²) in [7, 11) is 0. The lowest BCUT2D eigenvalue weighted by atomic mass is 10.1. The lowest BCUT2D eigenvalue weighted by Gasteiger charge is -2.17. The predicted octanol–water partition coefficient (Wildman–Crippen LogP) is 3.80. The molecule has 1 saturated carbocycles. The highest BCUT2D eigenvalue weighted by Gasteiger charge is 2.34. The van der Waals surface area contributed by atoms with Crippen molar-refractivity contribution < 1.29 is 9.18 Å². The lowest BCUT2D eigenvalue weighted by Crippen LogP contribution is -2.30. The number of aromatic nitrogens is 3. The van der Waals surface area contributed by atoms with Gasteiger partial charge >= 0.3 is 0 Å². The molecule has 6 heteroatoms. The Morgan fingerprint density at radius 3 is 2.81 bits per heavy atom. The largest absolute Gasteiger partial charge is 0.342 e. The number of aryl methyl sites for hydroxylation is 1. The molecule has 1 aliphatic carbocycles. The zero-order chi connectivity index (χ0) is 18.1. The number of H-pyrrole nitrogens is 1. The Hall–Kier alpha value is -3.02. The van der Waals surface area contributed by atoms with Gasteiger partial charge in [0, 0.05) is 11.8 Å². The number of halogens is 1. The fourth-order valence-electron chi connectivity index (χ4n) is 3.06. The van der Waals surface area contributed by atoms with Gasteiger partial charge in [0.2, 0.25) is 0 Å². The van der Waals surface area contributed by atoms with Crippen LogP contribution in [0, 0.1) is 18.7 Å². The van der Waals surface area contributed by atoms with Gasteiger partial charge in [-0.1, -0.05) is 12.1 Å². The van der Waals surface area contributed by atoms with E-state index in [0.717, 1.165) is 24.1 Å². The van der Waals surface area contributed by atoms with Gasteiger partial charge in [0.05, 0.1) is 17.4 Å². The average molecular weight is 350 g/mol. The molecular weight excluding hydrogens is 331 g/mol. The van der Waals surface area contributed by atoms with Crippen LogP contribution in [0.3, 0.4) is 0 Å². The maximum Gasteiger partial charge on any atom is 0.269 e. The Balaban J connectivity index is 1.55. The second-order valence-electron chi connectivity index (χ2n) is 6.69. The van der Waals surface area contributed by atoms with Crippen LogP contribution in [0.25, 0.3) is 11.3 Å². The molecule has 0 bridgehead atoms. The van der Waals surface area contributed by atoms with Crippen LogP contribution in [0.1, 0.15) is 40.6 Å². The molecule has 0 aliphatic heterocycles. The number of amides is 1. The van der Waals surface area contributed by atoms with Gasteiger partial charge in [-0.25, -0.2) is 4.39 Å². The van der Waals surface area contributed by atoms with Crippen LogP contribution in [0.4, 0.5) is 4.39 Å². The van der Waals surface area contributed by atoms with Gasteiger partial charge in [0.25, 0.3) is 5.91 Å². The molecule has 2 N–H and O–H groups in total. The number of carbonyl (C=O) groups excluding carboxylic acids is 1. The molecule has 2 aromatic heterocycles. The van der Waals surface area contributed by atoms with Gasteiger partial charge in [0.1, 0.15) is 11.5 Å². The lowest BCUT2D eigenvalue weighted by molar-refractivity contribution is 0.0925. The molecule has 0 saturated heterocycles. The molecule has 0 radical (unpaired) electrons. The summed E-state index contributed by atoms with van der Waals surface area (Å²) in [5.41, 5.74) is 3.06. The van der Waals surface area contributed by atoms with E-state index >= 15 is 0 Å². The zero-order valence-electron chi connectivity index (χ0n) is 14.4. The van der Waals surface area contributed by atoms with E-state index in [1.165, 1.54) is 6.07 Å². The minimum Gasteiger partial charge on any atom is -0.342 e. The minimum absolute atomic E-state index is 0.123. The fourth-order valence-corrected chi connectivity index (χ4v) is 3.06. The number of hydrogen-bond acceptors (Lipinski definition) is 3. The smallest absolute Gasteiger partial charge is 0.269 e. The number of aromatic amines is 1. The second kappa shape index (κ2) is 6.71. The van der Waals surface area contributed by atoms with Gasteiger partial charge < -0.3 is 5.32 Å². The van der Waals surface area contributed by atoms with Crippen molar-refractivity contribution in [2.45, 2.75) is 25.8 Å². The van der Waals surface area contributed by atoms with E-state index < -0.39 is 0 Å². The van der Waals surface area contributed by atoms with Crippen LogP contribution in [0.15, 0.2) is 48.7 Å². The fraction of sp³-hybridized carbons (Fsp3) is 0.250. The van der Waals surface area contributed by atoms with E-state index in [2.05, 4.69) is 20.5 Å². The highest BCUT2D eigenvalue weighted by Crippen LogP contribution is 2.40. The molecule has 132 valence electrons. The number of rotatable bonds is 5. The first-order valence-corrected chi connectivity index (χ1v) is 8.65. The molecule has 1 aliphatic rings. The summed E-state index contributed by atoms with van der Waals surface area (Å²) in [5, 5.41) is 9.84. The minimum atomic E-state index is -0.370. The molecule has 4 rings (SSSR count). The quantitative estimate of drug-likeness (QED) is 0.735. The Morgan fingerprint density at radius 1 is 1.27 bits per heavy atom. The average Bonchev–Trinajstić information content (AvgIpc) is 3.36. The van der Waals surface area contributed by atoms with Crippen LogP contribution in [0.5, 0.6) is 0 Å². The van der Waals surface area contributed by atoms with E-state index in [-0.39, 0.29) is 17.8 Å². The highest BCUT2D eigenvalue weighted by atomic mass is 19.1. The molecule has 1 atom stereocenters. The molecule has 1 aromatic carbocycles. The summed E-state index contributed by atoms with van der Waals surface area (Å²) in [4.78, 5) is 17.1. The third-order valence-electron chi connectivity index (χ3n) is 4.61. The maximum absolute atomic E-state index is 13.9. The van der Waals surface area contributed by atoms with E-state index in [1.54, 1.807) is 30.5 Å². The van der Waals surface area contributed by atoms with Crippen molar-refractivity contribution >= 4 is 5.91 Å². The monoisotopic (exact) mass is 350 g/mol. The SMILES string of the molecule is Cc1ccnc([C@H](NC(=O)c2cc(-c3ccccc3F)n[nH]2)C2CC2)c1. The highest BCUT2D eigenvalue weighted by molar-refractivity contribution is 5.93. The second-order valence-corrected chi connectivity index (χ2v) is 6.69. The summed E-state index contributed by atoms with van der Waals surface area (Å²) in [6.07, 6.45) is 3.91. The van der Waals surface area contributed by atoms with Crippen LogP contribution in [0.2, 0.25) is 0 Å². The zero-order valence-corrected chi connectivity index (χ0v) is 14.4. The molecule has 1 amide bonds. The molecule has 0 spiro atoms. The van der Waals surface area contributed by atoms with E-state index in [0.29, 0.717) is 22.9 Å².